The molecule has 1 fully saturated rings. The van der Waals surface area contributed by atoms with Gasteiger partial charge in [-0.05, 0) is 31.2 Å². The van der Waals surface area contributed by atoms with E-state index >= 15 is 0 Å². The number of ether oxygens (including phenoxy) is 1. The molecule has 1 saturated heterocycles. The van der Waals surface area contributed by atoms with Gasteiger partial charge in [-0.2, -0.15) is 0 Å². The van der Waals surface area contributed by atoms with Crippen LogP contribution in [0.2, 0.25) is 0 Å². The maximum absolute atomic E-state index is 5.36. The Bertz CT molecular complexity index is 304. The largest absolute Gasteiger partial charge is 0.367 e. The molecular weight excluding hydrogens is 198 g/mol. The predicted octanol–water partition coefficient (Wildman–Crippen LogP) is 2.86. The molecule has 0 radical (unpaired) electrons. The summed E-state index contributed by atoms with van der Waals surface area (Å²) < 4.78 is 5.36. The van der Waals surface area contributed by atoms with Crippen LogP contribution in [0.3, 0.4) is 0 Å². The molecule has 1 aromatic rings. The highest BCUT2D eigenvalue weighted by molar-refractivity contribution is 5.19. The van der Waals surface area contributed by atoms with Gasteiger partial charge in [-0.25, -0.2) is 0 Å². The first-order valence-corrected chi connectivity index (χ1v) is 6.13. The molecular formula is C14H21NO. The van der Waals surface area contributed by atoms with Gasteiger partial charge >= 0.3 is 0 Å². The molecule has 2 nitrogen and oxygen atoms in total. The van der Waals surface area contributed by atoms with E-state index in [1.807, 2.05) is 0 Å². The Kier molecular flexibility index (Phi) is 3.97. The highest BCUT2D eigenvalue weighted by Gasteiger charge is 2.23. The molecule has 1 unspecified atom stereocenters. The first-order chi connectivity index (χ1) is 7.81. The van der Waals surface area contributed by atoms with Crippen LogP contribution in [-0.4, -0.2) is 31.3 Å². The molecule has 2 rings (SSSR count). The van der Waals surface area contributed by atoms with E-state index in [1.54, 1.807) is 7.11 Å². The van der Waals surface area contributed by atoms with E-state index in [2.05, 4.69) is 42.2 Å². The molecule has 88 valence electrons. The summed E-state index contributed by atoms with van der Waals surface area (Å²) in [6.45, 7) is 4.42. The molecule has 1 heterocycles. The van der Waals surface area contributed by atoms with Crippen LogP contribution in [0.5, 0.6) is 0 Å². The lowest BCUT2D eigenvalue weighted by atomic mass is 9.89. The Hall–Kier alpha value is -0.860. The topological polar surface area (TPSA) is 12.5 Å². The fourth-order valence-electron chi connectivity index (χ4n) is 2.47. The van der Waals surface area contributed by atoms with E-state index < -0.39 is 0 Å². The molecule has 1 atom stereocenters. The molecule has 0 spiro atoms. The number of benzene rings is 1. The van der Waals surface area contributed by atoms with Gasteiger partial charge in [-0.15, -0.1) is 0 Å². The smallest absolute Gasteiger partial charge is 0.107 e. The Morgan fingerprint density at radius 1 is 1.19 bits per heavy atom. The van der Waals surface area contributed by atoms with Crippen LogP contribution in [0, 0.1) is 0 Å². The van der Waals surface area contributed by atoms with Crippen molar-refractivity contribution in [2.24, 2.45) is 0 Å². The minimum Gasteiger partial charge on any atom is -0.367 e. The third kappa shape index (κ3) is 2.63. The number of piperidine rings is 1. The van der Waals surface area contributed by atoms with Gasteiger partial charge in [0.15, 0.2) is 0 Å². The Morgan fingerprint density at radius 2 is 1.81 bits per heavy atom. The van der Waals surface area contributed by atoms with E-state index in [9.17, 15) is 0 Å². The second-order valence-corrected chi connectivity index (χ2v) is 4.56. The van der Waals surface area contributed by atoms with E-state index in [0.29, 0.717) is 0 Å². The standard InChI is InChI=1S/C14H21NO/c1-12(16-2)15-10-8-14(9-11-15)13-6-4-3-5-7-13/h3-7,12,14H,8-11H2,1-2H3. The Labute approximate surface area is 98.2 Å². The maximum Gasteiger partial charge on any atom is 0.107 e. The number of methoxy groups -OCH3 is 1. The molecule has 1 aromatic carbocycles. The van der Waals surface area contributed by atoms with Gasteiger partial charge in [0.25, 0.3) is 0 Å². The van der Waals surface area contributed by atoms with Crippen LogP contribution in [0.1, 0.15) is 31.2 Å². The molecule has 0 aliphatic carbocycles. The van der Waals surface area contributed by atoms with Gasteiger partial charge in [0, 0.05) is 20.2 Å². The number of nitrogens with zero attached hydrogens (tertiary/aromatic N) is 1. The second kappa shape index (κ2) is 5.46. The van der Waals surface area contributed by atoms with Crippen molar-refractivity contribution in [3.8, 4) is 0 Å². The molecule has 1 aliphatic heterocycles. The van der Waals surface area contributed by atoms with E-state index in [0.717, 1.165) is 19.0 Å². The fraction of sp³-hybridized carbons (Fsp3) is 0.571. The highest BCUT2D eigenvalue weighted by atomic mass is 16.5. The van der Waals surface area contributed by atoms with Crippen molar-refractivity contribution in [2.75, 3.05) is 20.2 Å². The van der Waals surface area contributed by atoms with Crippen LogP contribution >= 0.6 is 0 Å². The average Bonchev–Trinajstić information content (AvgIpc) is 2.39. The molecule has 0 saturated carbocycles. The van der Waals surface area contributed by atoms with Gasteiger partial charge in [0.2, 0.25) is 0 Å². The van der Waals surface area contributed by atoms with Crippen molar-refractivity contribution in [2.45, 2.75) is 31.9 Å². The molecule has 0 N–H and O–H groups in total. The minimum absolute atomic E-state index is 0.261. The quantitative estimate of drug-likeness (QED) is 0.775. The summed E-state index contributed by atoms with van der Waals surface area (Å²) in [6.07, 6.45) is 2.76. The normalized spacial score (nSPS) is 20.9. The molecule has 16 heavy (non-hydrogen) atoms. The van der Waals surface area contributed by atoms with Crippen LogP contribution in [0.4, 0.5) is 0 Å². The first-order valence-electron chi connectivity index (χ1n) is 6.13. The third-order valence-electron chi connectivity index (χ3n) is 3.66. The van der Waals surface area contributed by atoms with Crippen molar-refractivity contribution in [3.63, 3.8) is 0 Å². The summed E-state index contributed by atoms with van der Waals surface area (Å²) in [5, 5.41) is 0. The molecule has 0 amide bonds. The lowest BCUT2D eigenvalue weighted by Gasteiger charge is -2.35. The first kappa shape index (κ1) is 11.6. The predicted molar refractivity (Wildman–Crippen MR) is 66.5 cm³/mol. The van der Waals surface area contributed by atoms with Crippen molar-refractivity contribution in [3.05, 3.63) is 35.9 Å². The Morgan fingerprint density at radius 3 is 2.38 bits per heavy atom. The molecule has 0 aromatic heterocycles. The van der Waals surface area contributed by atoms with Crippen LogP contribution < -0.4 is 0 Å². The van der Waals surface area contributed by atoms with E-state index in [1.165, 1.54) is 18.4 Å². The number of likely N-dealkylation sites (tertiary alicyclic amines) is 1. The molecule has 2 heteroatoms. The van der Waals surface area contributed by atoms with Gasteiger partial charge < -0.3 is 4.74 Å². The number of hydrogen-bond donors (Lipinski definition) is 0. The van der Waals surface area contributed by atoms with Crippen LogP contribution in [0.25, 0.3) is 0 Å². The minimum atomic E-state index is 0.261. The lowest BCUT2D eigenvalue weighted by molar-refractivity contribution is -0.0305. The van der Waals surface area contributed by atoms with Gasteiger partial charge in [0.1, 0.15) is 6.23 Å². The fourth-order valence-corrected chi connectivity index (χ4v) is 2.47. The zero-order chi connectivity index (χ0) is 11.4. The second-order valence-electron chi connectivity index (χ2n) is 4.56. The number of hydrogen-bond acceptors (Lipinski definition) is 2. The van der Waals surface area contributed by atoms with Crippen molar-refractivity contribution in [1.29, 1.82) is 0 Å². The molecule has 0 bridgehead atoms. The highest BCUT2D eigenvalue weighted by Crippen LogP contribution is 2.28. The average molecular weight is 219 g/mol. The zero-order valence-electron chi connectivity index (χ0n) is 10.2. The monoisotopic (exact) mass is 219 g/mol. The molecule has 1 aliphatic rings. The van der Waals surface area contributed by atoms with E-state index in [4.69, 9.17) is 4.74 Å². The summed E-state index contributed by atoms with van der Waals surface area (Å²) in [4.78, 5) is 2.42. The van der Waals surface area contributed by atoms with Crippen molar-refractivity contribution < 1.29 is 4.74 Å². The lowest BCUT2D eigenvalue weighted by Crippen LogP contribution is -2.40. The summed E-state index contributed by atoms with van der Waals surface area (Å²) in [5.41, 5.74) is 1.49. The van der Waals surface area contributed by atoms with Gasteiger partial charge in [-0.3, -0.25) is 4.90 Å². The van der Waals surface area contributed by atoms with Gasteiger partial charge in [0.05, 0.1) is 0 Å². The van der Waals surface area contributed by atoms with Gasteiger partial charge in [-0.1, -0.05) is 30.3 Å². The van der Waals surface area contributed by atoms with Crippen molar-refractivity contribution in [1.82, 2.24) is 4.90 Å². The number of rotatable bonds is 3. The summed E-state index contributed by atoms with van der Waals surface area (Å²) in [7, 11) is 1.79. The summed E-state index contributed by atoms with van der Waals surface area (Å²) >= 11 is 0. The Balaban J connectivity index is 1.91. The van der Waals surface area contributed by atoms with Crippen LogP contribution in [-0.2, 0) is 4.74 Å². The van der Waals surface area contributed by atoms with Crippen molar-refractivity contribution >= 4 is 0 Å². The SMILES string of the molecule is COC(C)N1CCC(c2ccccc2)CC1. The van der Waals surface area contributed by atoms with Crippen LogP contribution in [0.15, 0.2) is 30.3 Å². The van der Waals surface area contributed by atoms with E-state index in [-0.39, 0.29) is 6.23 Å². The third-order valence-corrected chi connectivity index (χ3v) is 3.66. The summed E-state index contributed by atoms with van der Waals surface area (Å²) in [6, 6.07) is 10.9. The zero-order valence-corrected chi connectivity index (χ0v) is 10.2. The maximum atomic E-state index is 5.36. The summed E-state index contributed by atoms with van der Waals surface area (Å²) in [5.74, 6) is 0.738.